The van der Waals surface area contributed by atoms with E-state index >= 15 is 0 Å². The van der Waals surface area contributed by atoms with Crippen molar-refractivity contribution in [1.29, 1.82) is 0 Å². The van der Waals surface area contributed by atoms with E-state index in [9.17, 15) is 4.79 Å². The summed E-state index contributed by atoms with van der Waals surface area (Å²) in [5.41, 5.74) is 1.51. The number of para-hydroxylation sites is 1. The average Bonchev–Trinajstić information content (AvgIpc) is 3.37. The third-order valence-corrected chi connectivity index (χ3v) is 6.63. The van der Waals surface area contributed by atoms with E-state index in [0.29, 0.717) is 29.3 Å². The fourth-order valence-corrected chi connectivity index (χ4v) is 4.96. The zero-order valence-electron chi connectivity index (χ0n) is 17.0. The van der Waals surface area contributed by atoms with Gasteiger partial charge in [-0.25, -0.2) is 0 Å². The Labute approximate surface area is 186 Å². The first kappa shape index (κ1) is 20.0. The topological polar surface area (TPSA) is 75.2 Å². The molecule has 0 atom stereocenters. The van der Waals surface area contributed by atoms with Gasteiger partial charge in [0.2, 0.25) is 0 Å². The maximum Gasteiger partial charge on any atom is 0.315 e. The molecule has 1 amide bonds. The highest BCUT2D eigenvalue weighted by Crippen LogP contribution is 2.35. The fraction of sp³-hybridized carbons (Fsp3) is 0.273. The Morgan fingerprint density at radius 2 is 2.03 bits per heavy atom. The number of rotatable bonds is 5. The molecular formula is C22H20N2O5S2. The van der Waals surface area contributed by atoms with Gasteiger partial charge in [-0.1, -0.05) is 23.5 Å². The largest absolute Gasteiger partial charge is 0.493 e. The number of benzene rings is 2. The molecule has 4 aromatic rings. The van der Waals surface area contributed by atoms with Crippen LogP contribution in [0.15, 0.2) is 45.8 Å². The van der Waals surface area contributed by atoms with Gasteiger partial charge in [-0.2, -0.15) is 16.8 Å². The number of ether oxygens (including phenoxy) is 3. The predicted molar refractivity (Wildman–Crippen MR) is 122 cm³/mol. The van der Waals surface area contributed by atoms with Crippen molar-refractivity contribution >= 4 is 50.2 Å². The van der Waals surface area contributed by atoms with E-state index in [-0.39, 0.29) is 5.76 Å². The first-order chi connectivity index (χ1) is 15.2. The third-order valence-electron chi connectivity index (χ3n) is 5.00. The Balaban J connectivity index is 1.61. The van der Waals surface area contributed by atoms with E-state index < -0.39 is 5.91 Å². The van der Waals surface area contributed by atoms with Gasteiger partial charge in [0, 0.05) is 29.8 Å². The lowest BCUT2D eigenvalue weighted by Crippen LogP contribution is -2.18. The van der Waals surface area contributed by atoms with Crippen molar-refractivity contribution in [2.45, 2.75) is 6.54 Å². The molecule has 0 saturated carbocycles. The van der Waals surface area contributed by atoms with Gasteiger partial charge in [0.05, 0.1) is 17.3 Å². The van der Waals surface area contributed by atoms with E-state index in [0.717, 1.165) is 39.4 Å². The molecule has 1 aliphatic heterocycles. The van der Waals surface area contributed by atoms with Crippen LogP contribution in [0, 0.1) is 0 Å². The highest BCUT2D eigenvalue weighted by atomic mass is 32.2. The SMILES string of the molecule is COc1cccc2cc(C(=O)N=c3sc4cc5c(cc4n3CCSC)OCCO5)oc12. The number of fused-ring (bicyclic) bond motifs is 3. The van der Waals surface area contributed by atoms with Crippen LogP contribution in [0.5, 0.6) is 17.2 Å². The zero-order chi connectivity index (χ0) is 21.4. The standard InChI is InChI=1S/C22H20N2O5S2/c1-26-15-5-3-4-13-10-18(29-20(13)15)21(25)23-22-24(6-9-30-2)14-11-16-17(12-19(14)31-22)28-8-7-27-16/h3-5,10-12H,6-9H2,1-2H3. The minimum atomic E-state index is -0.431. The Morgan fingerprint density at radius 1 is 1.23 bits per heavy atom. The summed E-state index contributed by atoms with van der Waals surface area (Å²) in [7, 11) is 1.57. The molecule has 0 radical (unpaired) electrons. The molecule has 0 unspecified atom stereocenters. The lowest BCUT2D eigenvalue weighted by atomic mass is 10.2. The number of methoxy groups -OCH3 is 1. The number of thioether (sulfide) groups is 1. The molecule has 0 aliphatic carbocycles. The molecular weight excluding hydrogens is 436 g/mol. The van der Waals surface area contributed by atoms with Crippen LogP contribution in [0.3, 0.4) is 0 Å². The van der Waals surface area contributed by atoms with Gasteiger partial charge in [0.1, 0.15) is 13.2 Å². The van der Waals surface area contributed by atoms with E-state index in [2.05, 4.69) is 15.8 Å². The van der Waals surface area contributed by atoms with E-state index in [4.69, 9.17) is 18.6 Å². The molecule has 7 nitrogen and oxygen atoms in total. The van der Waals surface area contributed by atoms with Crippen molar-refractivity contribution in [3.8, 4) is 17.2 Å². The Hall–Kier alpha value is -2.91. The number of aromatic nitrogens is 1. The van der Waals surface area contributed by atoms with Crippen LogP contribution in [-0.2, 0) is 6.54 Å². The fourth-order valence-electron chi connectivity index (χ4n) is 3.53. The average molecular weight is 457 g/mol. The molecule has 5 rings (SSSR count). The van der Waals surface area contributed by atoms with Crippen LogP contribution in [0.1, 0.15) is 10.6 Å². The van der Waals surface area contributed by atoms with Crippen molar-refractivity contribution in [3.05, 3.63) is 47.0 Å². The van der Waals surface area contributed by atoms with Crippen LogP contribution in [0.25, 0.3) is 21.2 Å². The predicted octanol–water partition coefficient (Wildman–Crippen LogP) is 4.33. The monoisotopic (exact) mass is 456 g/mol. The molecule has 3 heterocycles. The second kappa shape index (κ2) is 8.32. The van der Waals surface area contributed by atoms with Crippen molar-refractivity contribution < 1.29 is 23.4 Å². The van der Waals surface area contributed by atoms with Crippen LogP contribution in [0.4, 0.5) is 0 Å². The van der Waals surface area contributed by atoms with Crippen molar-refractivity contribution in [2.24, 2.45) is 4.99 Å². The number of furan rings is 1. The van der Waals surface area contributed by atoms with E-state index in [1.54, 1.807) is 31.0 Å². The molecule has 31 heavy (non-hydrogen) atoms. The number of thiazole rings is 1. The summed E-state index contributed by atoms with van der Waals surface area (Å²) in [6.07, 6.45) is 2.05. The Bertz CT molecular complexity index is 1350. The molecule has 0 bridgehead atoms. The number of carbonyl (C=O) groups excluding carboxylic acids is 1. The lowest BCUT2D eigenvalue weighted by Gasteiger charge is -2.18. The quantitative estimate of drug-likeness (QED) is 0.445. The van der Waals surface area contributed by atoms with Crippen molar-refractivity contribution in [2.75, 3.05) is 32.3 Å². The van der Waals surface area contributed by atoms with Crippen LogP contribution in [0.2, 0.25) is 0 Å². The minimum Gasteiger partial charge on any atom is -0.493 e. The number of nitrogens with zero attached hydrogens (tertiary/aromatic N) is 2. The zero-order valence-corrected chi connectivity index (χ0v) is 18.7. The molecule has 2 aromatic carbocycles. The molecule has 0 saturated heterocycles. The van der Waals surface area contributed by atoms with E-state index in [1.165, 1.54) is 11.3 Å². The van der Waals surface area contributed by atoms with Gasteiger partial charge in [0.15, 0.2) is 33.4 Å². The molecule has 160 valence electrons. The van der Waals surface area contributed by atoms with Gasteiger partial charge in [-0.15, -0.1) is 0 Å². The van der Waals surface area contributed by atoms with E-state index in [1.807, 2.05) is 24.3 Å². The normalized spacial score (nSPS) is 13.8. The van der Waals surface area contributed by atoms with Gasteiger partial charge >= 0.3 is 5.91 Å². The highest BCUT2D eigenvalue weighted by Gasteiger charge is 2.18. The van der Waals surface area contributed by atoms with Gasteiger partial charge in [-0.05, 0) is 18.4 Å². The summed E-state index contributed by atoms with van der Waals surface area (Å²) >= 11 is 3.19. The van der Waals surface area contributed by atoms with Crippen molar-refractivity contribution in [1.82, 2.24) is 4.57 Å². The van der Waals surface area contributed by atoms with Crippen LogP contribution >= 0.6 is 23.1 Å². The smallest absolute Gasteiger partial charge is 0.315 e. The van der Waals surface area contributed by atoms with Gasteiger partial charge < -0.3 is 23.2 Å². The highest BCUT2D eigenvalue weighted by molar-refractivity contribution is 7.98. The van der Waals surface area contributed by atoms with Gasteiger partial charge in [0.25, 0.3) is 0 Å². The van der Waals surface area contributed by atoms with Gasteiger partial charge in [-0.3, -0.25) is 4.79 Å². The molecule has 9 heteroatoms. The van der Waals surface area contributed by atoms with Crippen molar-refractivity contribution in [3.63, 3.8) is 0 Å². The maximum absolute atomic E-state index is 13.0. The molecule has 1 aliphatic rings. The lowest BCUT2D eigenvalue weighted by molar-refractivity contribution is 0.0973. The van der Waals surface area contributed by atoms with Crippen LogP contribution < -0.4 is 19.0 Å². The second-order valence-corrected chi connectivity index (χ2v) is 8.89. The summed E-state index contributed by atoms with van der Waals surface area (Å²) < 4.78 is 25.6. The Kier molecular flexibility index (Phi) is 5.37. The summed E-state index contributed by atoms with van der Waals surface area (Å²) in [6.45, 7) is 1.78. The maximum atomic E-state index is 13.0. The van der Waals surface area contributed by atoms with Crippen LogP contribution in [-0.4, -0.2) is 42.8 Å². The third kappa shape index (κ3) is 3.68. The summed E-state index contributed by atoms with van der Waals surface area (Å²) in [5, 5.41) is 0.798. The number of carbonyl (C=O) groups is 1. The molecule has 2 aromatic heterocycles. The first-order valence-electron chi connectivity index (χ1n) is 9.75. The minimum absolute atomic E-state index is 0.180. The number of aryl methyl sites for hydroxylation is 1. The first-order valence-corrected chi connectivity index (χ1v) is 12.0. The summed E-state index contributed by atoms with van der Waals surface area (Å²) in [4.78, 5) is 18.0. The summed E-state index contributed by atoms with van der Waals surface area (Å²) in [5.74, 6) is 2.66. The summed E-state index contributed by atoms with van der Waals surface area (Å²) in [6, 6.07) is 11.2. The molecule has 0 N–H and O–H groups in total. The molecule has 0 fully saturated rings. The number of hydrogen-bond acceptors (Lipinski definition) is 7. The molecule has 0 spiro atoms. The number of amides is 1. The Morgan fingerprint density at radius 3 is 2.81 bits per heavy atom. The number of hydrogen-bond donors (Lipinski definition) is 0. The second-order valence-electron chi connectivity index (χ2n) is 6.90.